The van der Waals surface area contributed by atoms with Crippen molar-refractivity contribution in [2.45, 2.75) is 115 Å². The van der Waals surface area contributed by atoms with E-state index in [2.05, 4.69) is 21.9 Å². The van der Waals surface area contributed by atoms with E-state index in [1.54, 1.807) is 6.07 Å². The molecule has 2 aromatic heterocycles. The van der Waals surface area contributed by atoms with Gasteiger partial charge in [-0.05, 0) is 113 Å². The van der Waals surface area contributed by atoms with Gasteiger partial charge < -0.3 is 34.7 Å². The second-order valence-electron chi connectivity index (χ2n) is 20.5. The van der Waals surface area contributed by atoms with E-state index >= 15 is 0 Å². The molecule has 0 radical (unpaired) electrons. The van der Waals surface area contributed by atoms with Crippen molar-refractivity contribution >= 4 is 33.8 Å². The first-order valence-corrected chi connectivity index (χ1v) is 27.2. The van der Waals surface area contributed by atoms with Gasteiger partial charge in [0.1, 0.15) is 33.4 Å². The molecule has 0 saturated heterocycles. The normalized spacial score (nSPS) is 17.5. The van der Waals surface area contributed by atoms with Crippen molar-refractivity contribution in [3.8, 4) is 45.5 Å². The SMILES string of the molecule is CC(C)(C)[S@@](=O)N1Cc2cc(C(=O)NCc3ccc4c(c3)OCO4)nc(-c3ccccc3)c2[C@H]1CCO.CCC[C@@H]1c2c(cc(C(=O)NCc3ccc4c(c3)OCO4)nc2-c2ccccc2)CN1[S@](=O)C(C)(C)C. The van der Waals surface area contributed by atoms with E-state index in [0.29, 0.717) is 72.7 Å². The topological polar surface area (TPSA) is 182 Å². The van der Waals surface area contributed by atoms with Crippen molar-refractivity contribution in [2.24, 2.45) is 0 Å². The van der Waals surface area contributed by atoms with Gasteiger partial charge in [-0.2, -0.15) is 0 Å². The number of amides is 2. The second-order valence-corrected chi connectivity index (χ2v) is 24.9. The van der Waals surface area contributed by atoms with E-state index in [1.165, 1.54) is 0 Å². The summed E-state index contributed by atoms with van der Waals surface area (Å²) in [5.74, 6) is 2.20. The Morgan fingerprint density at radius 3 is 1.39 bits per heavy atom. The third-order valence-corrected chi connectivity index (χ3v) is 16.8. The van der Waals surface area contributed by atoms with Gasteiger partial charge in [-0.3, -0.25) is 9.59 Å². The Morgan fingerprint density at radius 2 is 1.00 bits per heavy atom. The second kappa shape index (κ2) is 22.1. The van der Waals surface area contributed by atoms with Crippen molar-refractivity contribution in [3.05, 3.63) is 154 Å². The van der Waals surface area contributed by atoms with Crippen LogP contribution in [0.5, 0.6) is 23.0 Å². The van der Waals surface area contributed by atoms with Crippen LogP contribution in [-0.4, -0.2) is 73.6 Å². The molecule has 3 N–H and O–H groups in total. The fourth-order valence-electron chi connectivity index (χ4n) is 9.60. The van der Waals surface area contributed by atoms with Crippen LogP contribution < -0.4 is 29.6 Å². The van der Waals surface area contributed by atoms with Crippen molar-refractivity contribution in [3.63, 3.8) is 0 Å². The highest BCUT2D eigenvalue weighted by Gasteiger charge is 2.42. The number of aliphatic hydroxyl groups excluding tert-OH is 1. The lowest BCUT2D eigenvalue weighted by molar-refractivity contribution is 0.0938. The van der Waals surface area contributed by atoms with Crippen LogP contribution >= 0.6 is 0 Å². The van der Waals surface area contributed by atoms with E-state index in [-0.39, 0.29) is 48.8 Å². The summed E-state index contributed by atoms with van der Waals surface area (Å²) < 4.78 is 51.8. The minimum absolute atomic E-state index is 0.0199. The van der Waals surface area contributed by atoms with Crippen molar-refractivity contribution in [1.29, 1.82) is 0 Å². The van der Waals surface area contributed by atoms with Crippen LogP contribution in [0.1, 0.15) is 134 Å². The van der Waals surface area contributed by atoms with E-state index < -0.39 is 26.7 Å². The Kier molecular flexibility index (Phi) is 15.7. The number of nitrogens with one attached hydrogen (secondary N) is 2. The lowest BCUT2D eigenvalue weighted by Crippen LogP contribution is -2.36. The molecule has 15 nitrogen and oxygen atoms in total. The van der Waals surface area contributed by atoms with Crippen LogP contribution in [0.2, 0.25) is 0 Å². The van der Waals surface area contributed by atoms with Crippen LogP contribution in [0.3, 0.4) is 0 Å². The molecule has 10 rings (SSSR count). The number of hydrogen-bond acceptors (Lipinski definition) is 11. The average Bonchev–Trinajstić information content (AvgIpc) is 4.22. The zero-order chi connectivity index (χ0) is 52.3. The van der Waals surface area contributed by atoms with Crippen molar-refractivity contribution in [1.82, 2.24) is 29.2 Å². The minimum atomic E-state index is -1.31. The van der Waals surface area contributed by atoms with E-state index in [1.807, 2.05) is 149 Å². The molecule has 6 aromatic rings. The molecular formula is C57H64N6O9S2. The fraction of sp³-hybridized carbons (Fsp3) is 0.368. The molecule has 4 atom stereocenters. The number of aromatic nitrogens is 2. The summed E-state index contributed by atoms with van der Waals surface area (Å²) in [6, 6.07) is 34.2. The first kappa shape index (κ1) is 52.4. The zero-order valence-corrected chi connectivity index (χ0v) is 44.6. The van der Waals surface area contributed by atoms with Gasteiger partial charge in [0.15, 0.2) is 23.0 Å². The van der Waals surface area contributed by atoms with Crippen molar-refractivity contribution in [2.75, 3.05) is 20.2 Å². The molecule has 388 valence electrons. The van der Waals surface area contributed by atoms with Gasteiger partial charge in [-0.25, -0.2) is 27.0 Å². The quantitative estimate of drug-likeness (QED) is 0.0945. The standard InChI is InChI=1S/C29H33N3O4S.C28H31N3O5S/c1-5-9-23-26-21(17-32(23)37(34)29(2,3)4)15-22(31-27(26)20-10-7-6-8-11-20)28(33)30-16-19-12-13-24-25(14-19)36-18-35-24;1-28(2,3)37(34)31-16-20-14-21(27(33)29-15-18-9-10-23-24(13-18)36-17-35-23)30-26(19-7-5-4-6-8-19)25(20)22(31)11-12-32/h6-8,10-15,23H,5,9,16-18H2,1-4H3,(H,30,33);4-10,13-14,22,32H,11-12,15-17H2,1-3H3,(H,29,33)/t23-,37-;22-,37-/m11/s1. The summed E-state index contributed by atoms with van der Waals surface area (Å²) in [6.07, 6.45) is 2.24. The number of hydrogen-bond donors (Lipinski definition) is 3. The highest BCUT2D eigenvalue weighted by Crippen LogP contribution is 2.46. The molecule has 74 heavy (non-hydrogen) atoms. The molecule has 2 amide bonds. The summed E-state index contributed by atoms with van der Waals surface area (Å²) in [5.41, 5.74) is 9.66. The highest BCUT2D eigenvalue weighted by molar-refractivity contribution is 7.84. The maximum Gasteiger partial charge on any atom is 0.270 e. The Morgan fingerprint density at radius 1 is 0.595 bits per heavy atom. The number of carbonyl (C=O) groups excluding carboxylic acids is 2. The molecule has 0 aliphatic carbocycles. The van der Waals surface area contributed by atoms with Crippen LogP contribution in [-0.2, 0) is 48.2 Å². The van der Waals surface area contributed by atoms with Gasteiger partial charge in [0.05, 0.1) is 33.0 Å². The number of ether oxygens (including phenoxy) is 4. The van der Waals surface area contributed by atoms with Gasteiger partial charge in [0.25, 0.3) is 11.8 Å². The Hall–Kier alpha value is -6.50. The number of fused-ring (bicyclic) bond motifs is 4. The molecule has 6 heterocycles. The fourth-order valence-corrected chi connectivity index (χ4v) is 12.4. The number of nitrogens with zero attached hydrogens (tertiary/aromatic N) is 4. The number of aliphatic hydroxyl groups is 1. The first-order valence-electron chi connectivity index (χ1n) is 25.0. The van der Waals surface area contributed by atoms with E-state index in [4.69, 9.17) is 28.9 Å². The Bertz CT molecular complexity index is 2880. The summed E-state index contributed by atoms with van der Waals surface area (Å²) in [6.45, 7) is 15.9. The van der Waals surface area contributed by atoms with Gasteiger partial charge >= 0.3 is 0 Å². The summed E-state index contributed by atoms with van der Waals surface area (Å²) in [7, 11) is -2.51. The lowest BCUT2D eigenvalue weighted by atomic mass is 9.95. The maximum atomic E-state index is 13.5. The Labute approximate surface area is 438 Å². The molecule has 0 saturated carbocycles. The molecule has 17 heteroatoms. The van der Waals surface area contributed by atoms with Crippen LogP contribution in [0.25, 0.3) is 22.5 Å². The summed E-state index contributed by atoms with van der Waals surface area (Å²) in [5, 5.41) is 15.8. The Balaban J connectivity index is 0.000000182. The summed E-state index contributed by atoms with van der Waals surface area (Å²) >= 11 is 0. The first-order chi connectivity index (χ1) is 35.5. The number of carbonyl (C=O) groups is 2. The predicted octanol–water partition coefficient (Wildman–Crippen LogP) is 9.63. The maximum absolute atomic E-state index is 13.5. The monoisotopic (exact) mass is 1040 g/mol. The van der Waals surface area contributed by atoms with Gasteiger partial charge in [0, 0.05) is 55.0 Å². The predicted molar refractivity (Wildman–Crippen MR) is 286 cm³/mol. The van der Waals surface area contributed by atoms with E-state index in [0.717, 1.165) is 63.0 Å². The highest BCUT2D eigenvalue weighted by atomic mass is 32.2. The van der Waals surface area contributed by atoms with Crippen LogP contribution in [0.15, 0.2) is 109 Å². The minimum Gasteiger partial charge on any atom is -0.454 e. The van der Waals surface area contributed by atoms with Crippen molar-refractivity contribution < 1.29 is 42.1 Å². The van der Waals surface area contributed by atoms with E-state index in [9.17, 15) is 23.1 Å². The van der Waals surface area contributed by atoms with Crippen LogP contribution in [0, 0.1) is 0 Å². The van der Waals surface area contributed by atoms with Crippen LogP contribution in [0.4, 0.5) is 0 Å². The molecule has 0 bridgehead atoms. The van der Waals surface area contributed by atoms with Gasteiger partial charge in [-0.15, -0.1) is 0 Å². The molecule has 0 spiro atoms. The zero-order valence-electron chi connectivity index (χ0n) is 42.9. The molecule has 4 aliphatic heterocycles. The number of benzene rings is 4. The third kappa shape index (κ3) is 11.3. The molecule has 4 aliphatic rings. The molecular weight excluding hydrogens is 977 g/mol. The molecule has 0 unspecified atom stereocenters. The number of pyridine rings is 2. The average molecular weight is 1040 g/mol. The largest absolute Gasteiger partial charge is 0.454 e. The van der Waals surface area contributed by atoms with Gasteiger partial charge in [-0.1, -0.05) is 86.1 Å². The summed E-state index contributed by atoms with van der Waals surface area (Å²) in [4.78, 5) is 36.3. The smallest absolute Gasteiger partial charge is 0.270 e. The third-order valence-electron chi connectivity index (χ3n) is 13.1. The number of rotatable bonds is 14. The molecule has 4 aromatic carbocycles. The molecule has 0 fully saturated rings. The van der Waals surface area contributed by atoms with Gasteiger partial charge in [0.2, 0.25) is 13.6 Å². The lowest BCUT2D eigenvalue weighted by Gasteiger charge is -2.30.